The second-order valence-electron chi connectivity index (χ2n) is 5.68. The fourth-order valence-corrected chi connectivity index (χ4v) is 2.90. The number of hydrogen-bond acceptors (Lipinski definition) is 3. The van der Waals surface area contributed by atoms with Crippen LogP contribution in [0.3, 0.4) is 0 Å². The lowest BCUT2D eigenvalue weighted by Crippen LogP contribution is -2.28. The molecule has 1 heterocycles. The van der Waals surface area contributed by atoms with E-state index in [1.807, 2.05) is 6.07 Å². The Labute approximate surface area is 148 Å². The number of nitrogens with one attached hydrogen (secondary N) is 1. The zero-order chi connectivity index (χ0) is 18.0. The van der Waals surface area contributed by atoms with Crippen molar-refractivity contribution in [3.8, 4) is 6.07 Å². The summed E-state index contributed by atoms with van der Waals surface area (Å²) in [4.78, 5) is 26.0. The Bertz CT molecular complexity index is 877. The molecule has 0 aromatic heterocycles. The van der Waals surface area contributed by atoms with E-state index < -0.39 is 5.92 Å². The number of benzene rings is 2. The molecule has 2 aromatic rings. The molecule has 2 aromatic carbocycles. The third-order valence-electron chi connectivity index (χ3n) is 3.99. The van der Waals surface area contributed by atoms with Crippen molar-refractivity contribution < 1.29 is 14.0 Å². The van der Waals surface area contributed by atoms with Crippen LogP contribution in [0.15, 0.2) is 42.5 Å². The molecule has 5 nitrogen and oxygen atoms in total. The van der Waals surface area contributed by atoms with E-state index >= 15 is 0 Å². The van der Waals surface area contributed by atoms with E-state index in [0.717, 1.165) is 0 Å². The normalized spacial score (nSPS) is 16.6. The summed E-state index contributed by atoms with van der Waals surface area (Å²) in [5.74, 6) is -1.40. The van der Waals surface area contributed by atoms with E-state index in [9.17, 15) is 14.0 Å². The van der Waals surface area contributed by atoms with Crippen LogP contribution in [0.5, 0.6) is 0 Å². The van der Waals surface area contributed by atoms with Crippen molar-refractivity contribution in [2.45, 2.75) is 6.42 Å². The van der Waals surface area contributed by atoms with Gasteiger partial charge in [-0.3, -0.25) is 9.59 Å². The Hall–Kier alpha value is -2.91. The van der Waals surface area contributed by atoms with Gasteiger partial charge in [-0.05, 0) is 42.5 Å². The Morgan fingerprint density at radius 3 is 2.64 bits per heavy atom. The highest BCUT2D eigenvalue weighted by atomic mass is 35.5. The Balaban J connectivity index is 1.69. The van der Waals surface area contributed by atoms with Crippen LogP contribution in [0.4, 0.5) is 15.8 Å². The molecular weight excluding hydrogens is 345 g/mol. The molecule has 1 N–H and O–H groups in total. The predicted molar refractivity (Wildman–Crippen MR) is 91.7 cm³/mol. The van der Waals surface area contributed by atoms with Gasteiger partial charge in [0.2, 0.25) is 11.8 Å². The standard InChI is InChI=1S/C18H13ClFN3O2/c19-16-8-14(4-1-11(16)9-21)22-18(25)12-7-17(24)23(10-12)15-5-2-13(20)3-6-15/h1-6,8,12H,7,10H2,(H,22,25). The van der Waals surface area contributed by atoms with Crippen molar-refractivity contribution in [1.82, 2.24) is 0 Å². The van der Waals surface area contributed by atoms with Crippen LogP contribution in [0, 0.1) is 23.1 Å². The molecule has 7 heteroatoms. The van der Waals surface area contributed by atoms with E-state index in [1.165, 1.54) is 41.3 Å². The van der Waals surface area contributed by atoms with Gasteiger partial charge in [-0.2, -0.15) is 5.26 Å². The van der Waals surface area contributed by atoms with Crippen molar-refractivity contribution in [1.29, 1.82) is 5.26 Å². The first-order chi connectivity index (χ1) is 12.0. The lowest BCUT2D eigenvalue weighted by molar-refractivity contribution is -0.122. The van der Waals surface area contributed by atoms with Crippen molar-refractivity contribution in [3.63, 3.8) is 0 Å². The summed E-state index contributed by atoms with van der Waals surface area (Å²) >= 11 is 5.95. The van der Waals surface area contributed by atoms with E-state index in [2.05, 4.69) is 5.32 Å². The van der Waals surface area contributed by atoms with E-state index in [-0.39, 0.29) is 35.6 Å². The van der Waals surface area contributed by atoms with Crippen LogP contribution in [0.1, 0.15) is 12.0 Å². The second kappa shape index (κ2) is 6.91. The summed E-state index contributed by atoms with van der Waals surface area (Å²) in [7, 11) is 0. The van der Waals surface area contributed by atoms with Gasteiger partial charge in [0.15, 0.2) is 0 Å². The van der Waals surface area contributed by atoms with Crippen LogP contribution >= 0.6 is 11.6 Å². The highest BCUT2D eigenvalue weighted by Gasteiger charge is 2.35. The Morgan fingerprint density at radius 2 is 2.00 bits per heavy atom. The first-order valence-corrected chi connectivity index (χ1v) is 7.92. The lowest BCUT2D eigenvalue weighted by atomic mass is 10.1. The summed E-state index contributed by atoms with van der Waals surface area (Å²) in [6, 6.07) is 12.1. The lowest BCUT2D eigenvalue weighted by Gasteiger charge is -2.16. The summed E-state index contributed by atoms with van der Waals surface area (Å²) in [5.41, 5.74) is 1.34. The van der Waals surface area contributed by atoms with Gasteiger partial charge in [0.25, 0.3) is 0 Å². The molecule has 1 aliphatic heterocycles. The third-order valence-corrected chi connectivity index (χ3v) is 4.30. The topological polar surface area (TPSA) is 73.2 Å². The first kappa shape index (κ1) is 16.9. The minimum Gasteiger partial charge on any atom is -0.326 e. The number of amides is 2. The molecule has 1 saturated heterocycles. The smallest absolute Gasteiger partial charge is 0.229 e. The number of rotatable bonds is 3. The molecule has 0 radical (unpaired) electrons. The molecule has 2 amide bonds. The number of carbonyl (C=O) groups excluding carboxylic acids is 2. The molecule has 126 valence electrons. The average Bonchev–Trinajstić information content (AvgIpc) is 2.98. The molecule has 0 aliphatic carbocycles. The molecule has 0 saturated carbocycles. The number of nitriles is 1. The Morgan fingerprint density at radius 1 is 1.28 bits per heavy atom. The maximum absolute atomic E-state index is 13.0. The summed E-state index contributed by atoms with van der Waals surface area (Å²) in [6.45, 7) is 0.223. The van der Waals surface area contributed by atoms with Crippen molar-refractivity contribution in [3.05, 3.63) is 58.9 Å². The zero-order valence-corrected chi connectivity index (χ0v) is 13.8. The van der Waals surface area contributed by atoms with Gasteiger partial charge < -0.3 is 10.2 Å². The van der Waals surface area contributed by atoms with Crippen LogP contribution in [-0.4, -0.2) is 18.4 Å². The number of halogens is 2. The maximum atomic E-state index is 13.0. The van der Waals surface area contributed by atoms with Gasteiger partial charge in [0, 0.05) is 24.3 Å². The van der Waals surface area contributed by atoms with Crippen molar-refractivity contribution in [2.75, 3.05) is 16.8 Å². The van der Waals surface area contributed by atoms with Gasteiger partial charge in [-0.1, -0.05) is 11.6 Å². The van der Waals surface area contributed by atoms with Gasteiger partial charge >= 0.3 is 0 Å². The van der Waals surface area contributed by atoms with Crippen LogP contribution in [0.25, 0.3) is 0 Å². The largest absolute Gasteiger partial charge is 0.326 e. The second-order valence-corrected chi connectivity index (χ2v) is 6.08. The molecular formula is C18H13ClFN3O2. The van der Waals surface area contributed by atoms with Gasteiger partial charge in [-0.15, -0.1) is 0 Å². The highest BCUT2D eigenvalue weighted by Crippen LogP contribution is 2.27. The van der Waals surface area contributed by atoms with E-state index in [0.29, 0.717) is 16.9 Å². The van der Waals surface area contributed by atoms with Crippen molar-refractivity contribution >= 4 is 34.8 Å². The molecule has 1 aliphatic rings. The fourth-order valence-electron chi connectivity index (χ4n) is 2.68. The summed E-state index contributed by atoms with van der Waals surface area (Å²) in [6.07, 6.45) is 0.0766. The number of nitrogens with zero attached hydrogens (tertiary/aromatic N) is 2. The van der Waals surface area contributed by atoms with Gasteiger partial charge in [-0.25, -0.2) is 4.39 Å². The summed E-state index contributed by atoms with van der Waals surface area (Å²) < 4.78 is 13.0. The maximum Gasteiger partial charge on any atom is 0.229 e. The van der Waals surface area contributed by atoms with E-state index in [1.54, 1.807) is 6.07 Å². The molecule has 1 atom stereocenters. The van der Waals surface area contributed by atoms with Gasteiger partial charge in [0.05, 0.1) is 16.5 Å². The fraction of sp³-hybridized carbons (Fsp3) is 0.167. The third kappa shape index (κ3) is 3.62. The number of carbonyl (C=O) groups is 2. The quantitative estimate of drug-likeness (QED) is 0.915. The molecule has 25 heavy (non-hydrogen) atoms. The molecule has 0 bridgehead atoms. The molecule has 0 spiro atoms. The molecule has 1 unspecified atom stereocenters. The van der Waals surface area contributed by atoms with Crippen LogP contribution < -0.4 is 10.2 Å². The minimum atomic E-state index is -0.521. The number of hydrogen-bond donors (Lipinski definition) is 1. The van der Waals surface area contributed by atoms with Crippen LogP contribution in [0.2, 0.25) is 5.02 Å². The predicted octanol–water partition coefficient (Wildman–Crippen LogP) is 3.34. The molecule has 3 rings (SSSR count). The molecule has 1 fully saturated rings. The first-order valence-electron chi connectivity index (χ1n) is 7.54. The van der Waals surface area contributed by atoms with E-state index in [4.69, 9.17) is 16.9 Å². The SMILES string of the molecule is N#Cc1ccc(NC(=O)C2CC(=O)N(c3ccc(F)cc3)C2)cc1Cl. The monoisotopic (exact) mass is 357 g/mol. The highest BCUT2D eigenvalue weighted by molar-refractivity contribution is 6.32. The average molecular weight is 358 g/mol. The van der Waals surface area contributed by atoms with Crippen molar-refractivity contribution in [2.24, 2.45) is 5.92 Å². The number of anilines is 2. The van der Waals surface area contributed by atoms with Gasteiger partial charge in [0.1, 0.15) is 11.9 Å². The summed E-state index contributed by atoms with van der Waals surface area (Å²) in [5, 5.41) is 11.8. The minimum absolute atomic E-state index is 0.0766. The van der Waals surface area contributed by atoms with Crippen LogP contribution in [-0.2, 0) is 9.59 Å². The Kier molecular flexibility index (Phi) is 4.68. The zero-order valence-electron chi connectivity index (χ0n) is 13.0.